The second kappa shape index (κ2) is 5.00. The number of ether oxygens (including phenoxy) is 1. The van der Waals surface area contributed by atoms with Crippen LogP contribution in [-0.2, 0) is 4.74 Å². The Morgan fingerprint density at radius 3 is 2.70 bits per heavy atom. The van der Waals surface area contributed by atoms with Crippen LogP contribution in [0.4, 0.5) is 10.1 Å². The Morgan fingerprint density at radius 1 is 1.40 bits per heavy atom. The zero-order chi connectivity index (χ0) is 14.9. The molecule has 1 heterocycles. The Kier molecular flexibility index (Phi) is 3.38. The molecule has 0 saturated carbocycles. The van der Waals surface area contributed by atoms with Crippen LogP contribution in [0.1, 0.15) is 20.8 Å². The first-order valence-electron chi connectivity index (χ1n) is 5.48. The van der Waals surface area contributed by atoms with E-state index < -0.39 is 17.7 Å². The number of benzene rings is 1. The first kappa shape index (κ1) is 13.5. The second-order valence-electron chi connectivity index (χ2n) is 3.87. The SMILES string of the molecule is COC(=O)c1nn(-c2cccc(F)c2C(N)=O)cc1N. The van der Waals surface area contributed by atoms with Gasteiger partial charge < -0.3 is 16.2 Å². The van der Waals surface area contributed by atoms with Crippen LogP contribution < -0.4 is 11.5 Å². The van der Waals surface area contributed by atoms with Gasteiger partial charge in [-0.15, -0.1) is 0 Å². The van der Waals surface area contributed by atoms with Crippen LogP contribution in [0.2, 0.25) is 0 Å². The summed E-state index contributed by atoms with van der Waals surface area (Å²) in [6.07, 6.45) is 1.27. The topological polar surface area (TPSA) is 113 Å². The average molecular weight is 278 g/mol. The molecule has 2 aromatic rings. The van der Waals surface area contributed by atoms with Crippen LogP contribution in [0.25, 0.3) is 5.69 Å². The van der Waals surface area contributed by atoms with E-state index in [2.05, 4.69) is 9.84 Å². The minimum atomic E-state index is -0.952. The van der Waals surface area contributed by atoms with Crippen molar-refractivity contribution in [1.82, 2.24) is 9.78 Å². The summed E-state index contributed by atoms with van der Waals surface area (Å²) < 4.78 is 19.3. The fourth-order valence-electron chi connectivity index (χ4n) is 1.71. The normalized spacial score (nSPS) is 10.3. The number of nitrogens with two attached hydrogens (primary N) is 2. The quantitative estimate of drug-likeness (QED) is 0.793. The van der Waals surface area contributed by atoms with Crippen molar-refractivity contribution in [2.75, 3.05) is 12.8 Å². The molecule has 8 heteroatoms. The molecule has 0 radical (unpaired) electrons. The lowest BCUT2D eigenvalue weighted by atomic mass is 10.1. The molecule has 2 rings (SSSR count). The van der Waals surface area contributed by atoms with Crippen molar-refractivity contribution in [3.05, 3.63) is 41.5 Å². The van der Waals surface area contributed by atoms with Gasteiger partial charge >= 0.3 is 5.97 Å². The van der Waals surface area contributed by atoms with Crippen molar-refractivity contribution in [2.24, 2.45) is 5.73 Å². The molecule has 0 atom stereocenters. The summed E-state index contributed by atoms with van der Waals surface area (Å²) in [5.41, 5.74) is 10.4. The summed E-state index contributed by atoms with van der Waals surface area (Å²) in [5.74, 6) is -2.48. The predicted octanol–water partition coefficient (Wildman–Crippen LogP) is 0.479. The summed E-state index contributed by atoms with van der Waals surface area (Å²) in [7, 11) is 1.18. The number of nitrogens with zero attached hydrogens (tertiary/aromatic N) is 2. The van der Waals surface area contributed by atoms with Gasteiger partial charge in [-0.2, -0.15) is 5.10 Å². The lowest BCUT2D eigenvalue weighted by molar-refractivity contribution is 0.0594. The Balaban J connectivity index is 2.61. The van der Waals surface area contributed by atoms with Gasteiger partial charge in [0.15, 0.2) is 5.69 Å². The Morgan fingerprint density at radius 2 is 2.10 bits per heavy atom. The van der Waals surface area contributed by atoms with Crippen LogP contribution in [0.5, 0.6) is 0 Å². The third kappa shape index (κ3) is 2.18. The molecule has 0 fully saturated rings. The van der Waals surface area contributed by atoms with Crippen LogP contribution >= 0.6 is 0 Å². The van der Waals surface area contributed by atoms with Gasteiger partial charge in [0, 0.05) is 0 Å². The second-order valence-corrected chi connectivity index (χ2v) is 3.87. The smallest absolute Gasteiger partial charge is 0.360 e. The molecule has 7 nitrogen and oxygen atoms in total. The molecule has 20 heavy (non-hydrogen) atoms. The molecule has 4 N–H and O–H groups in total. The molecule has 0 saturated heterocycles. The van der Waals surface area contributed by atoms with E-state index >= 15 is 0 Å². The number of carbonyl (C=O) groups is 2. The fraction of sp³-hybridized carbons (Fsp3) is 0.0833. The zero-order valence-electron chi connectivity index (χ0n) is 10.5. The highest BCUT2D eigenvalue weighted by atomic mass is 19.1. The highest BCUT2D eigenvalue weighted by Crippen LogP contribution is 2.20. The van der Waals surface area contributed by atoms with Crippen LogP contribution in [0, 0.1) is 5.82 Å². The number of rotatable bonds is 3. The van der Waals surface area contributed by atoms with E-state index in [-0.39, 0.29) is 22.6 Å². The summed E-state index contributed by atoms with van der Waals surface area (Å²) in [6.45, 7) is 0. The number of aromatic nitrogens is 2. The van der Waals surface area contributed by atoms with Crippen molar-refractivity contribution >= 4 is 17.6 Å². The molecule has 0 aliphatic rings. The fourth-order valence-corrected chi connectivity index (χ4v) is 1.71. The van der Waals surface area contributed by atoms with Crippen molar-refractivity contribution < 1.29 is 18.7 Å². The first-order valence-corrected chi connectivity index (χ1v) is 5.48. The van der Waals surface area contributed by atoms with Crippen molar-refractivity contribution in [2.45, 2.75) is 0 Å². The molecule has 0 aliphatic carbocycles. The van der Waals surface area contributed by atoms with E-state index in [0.29, 0.717) is 0 Å². The molecule has 0 bridgehead atoms. The van der Waals surface area contributed by atoms with Gasteiger partial charge in [-0.1, -0.05) is 6.07 Å². The monoisotopic (exact) mass is 278 g/mol. The zero-order valence-corrected chi connectivity index (χ0v) is 10.5. The lowest BCUT2D eigenvalue weighted by Gasteiger charge is -2.07. The third-order valence-electron chi connectivity index (χ3n) is 2.61. The van der Waals surface area contributed by atoms with Gasteiger partial charge in [-0.3, -0.25) is 4.79 Å². The van der Waals surface area contributed by atoms with Crippen LogP contribution in [0.3, 0.4) is 0 Å². The maximum absolute atomic E-state index is 13.7. The third-order valence-corrected chi connectivity index (χ3v) is 2.61. The summed E-state index contributed by atoms with van der Waals surface area (Å²) in [6, 6.07) is 3.90. The number of hydrogen-bond acceptors (Lipinski definition) is 5. The predicted molar refractivity (Wildman–Crippen MR) is 67.8 cm³/mol. The number of primary amides is 1. The molecule has 1 aromatic heterocycles. The molecule has 1 amide bonds. The number of anilines is 1. The number of halogens is 1. The maximum atomic E-state index is 13.7. The van der Waals surface area contributed by atoms with Gasteiger partial charge in [0.25, 0.3) is 5.91 Å². The van der Waals surface area contributed by atoms with E-state index in [0.717, 1.165) is 10.7 Å². The molecule has 1 aromatic carbocycles. The summed E-state index contributed by atoms with van der Waals surface area (Å²) >= 11 is 0. The Labute approximate surface area is 112 Å². The Hall–Kier alpha value is -2.90. The number of esters is 1. The highest BCUT2D eigenvalue weighted by molar-refractivity contribution is 5.97. The molecule has 0 unspecified atom stereocenters. The first-order chi connectivity index (χ1) is 9.45. The average Bonchev–Trinajstić information content (AvgIpc) is 2.79. The van der Waals surface area contributed by atoms with Crippen LogP contribution in [0.15, 0.2) is 24.4 Å². The maximum Gasteiger partial charge on any atom is 0.360 e. The van der Waals surface area contributed by atoms with Crippen LogP contribution in [-0.4, -0.2) is 28.8 Å². The van der Waals surface area contributed by atoms with Crippen molar-refractivity contribution in [3.8, 4) is 5.69 Å². The number of carbonyl (C=O) groups excluding carboxylic acids is 2. The number of amides is 1. The van der Waals surface area contributed by atoms with Gasteiger partial charge in [0.1, 0.15) is 11.4 Å². The van der Waals surface area contributed by atoms with E-state index in [1.54, 1.807) is 0 Å². The number of methoxy groups -OCH3 is 1. The molecule has 0 aliphatic heterocycles. The Bertz CT molecular complexity index is 696. The highest BCUT2D eigenvalue weighted by Gasteiger charge is 2.20. The molecular weight excluding hydrogens is 267 g/mol. The minimum Gasteiger partial charge on any atom is -0.464 e. The number of nitrogen functional groups attached to an aromatic ring is 1. The van der Waals surface area contributed by atoms with E-state index in [1.807, 2.05) is 0 Å². The number of hydrogen-bond donors (Lipinski definition) is 2. The lowest BCUT2D eigenvalue weighted by Crippen LogP contribution is -2.17. The van der Waals surface area contributed by atoms with Gasteiger partial charge in [-0.05, 0) is 12.1 Å². The van der Waals surface area contributed by atoms with E-state index in [1.165, 1.54) is 25.4 Å². The summed E-state index contributed by atoms with van der Waals surface area (Å²) in [5, 5.41) is 3.88. The minimum absolute atomic E-state index is 0.0385. The van der Waals surface area contributed by atoms with E-state index in [9.17, 15) is 14.0 Å². The largest absolute Gasteiger partial charge is 0.464 e. The van der Waals surface area contributed by atoms with Crippen molar-refractivity contribution in [3.63, 3.8) is 0 Å². The standard InChI is InChI=1S/C12H11FN4O3/c1-20-12(19)10-7(14)5-17(16-10)8-4-2-3-6(13)9(8)11(15)18/h2-5H,14H2,1H3,(H2,15,18). The van der Waals surface area contributed by atoms with Gasteiger partial charge in [0.2, 0.25) is 0 Å². The molecule has 0 spiro atoms. The summed E-state index contributed by atoms with van der Waals surface area (Å²) in [4.78, 5) is 22.7. The van der Waals surface area contributed by atoms with Gasteiger partial charge in [-0.25, -0.2) is 13.9 Å². The van der Waals surface area contributed by atoms with E-state index in [4.69, 9.17) is 11.5 Å². The molecular formula is C12H11FN4O3. The van der Waals surface area contributed by atoms with Crippen molar-refractivity contribution in [1.29, 1.82) is 0 Å². The van der Waals surface area contributed by atoms with Gasteiger partial charge in [0.05, 0.1) is 24.7 Å². The molecule has 104 valence electrons.